The lowest BCUT2D eigenvalue weighted by molar-refractivity contribution is 0.558. The van der Waals surface area contributed by atoms with Crippen LogP contribution in [0.1, 0.15) is 18.0 Å². The lowest BCUT2D eigenvalue weighted by Crippen LogP contribution is -2.35. The average molecular weight is 283 g/mol. The van der Waals surface area contributed by atoms with Gasteiger partial charge in [-0.25, -0.2) is 4.39 Å². The number of hydrogen-bond acceptors (Lipinski definition) is 3. The predicted octanol–water partition coefficient (Wildman–Crippen LogP) is 3.25. The van der Waals surface area contributed by atoms with Crippen LogP contribution in [0.2, 0.25) is 0 Å². The summed E-state index contributed by atoms with van der Waals surface area (Å²) >= 11 is 0. The molecule has 0 amide bonds. The van der Waals surface area contributed by atoms with E-state index in [-0.39, 0.29) is 18.4 Å². The third-order valence-electron chi connectivity index (χ3n) is 3.42. The number of rotatable bonds is 6. The van der Waals surface area contributed by atoms with Crippen molar-refractivity contribution in [3.05, 3.63) is 66.0 Å². The maximum absolute atomic E-state index is 14.1. The molecule has 0 aromatic heterocycles. The molecule has 0 aliphatic heterocycles. The van der Waals surface area contributed by atoms with Gasteiger partial charge in [-0.2, -0.15) is 5.26 Å². The van der Waals surface area contributed by atoms with Crippen LogP contribution in [0.4, 0.5) is 10.1 Å². The Bertz CT molecular complexity index is 607. The van der Waals surface area contributed by atoms with E-state index in [1.807, 2.05) is 35.2 Å². The highest BCUT2D eigenvalue weighted by atomic mass is 19.1. The maximum Gasteiger partial charge on any atom is 0.128 e. The van der Waals surface area contributed by atoms with E-state index >= 15 is 0 Å². The molecule has 0 fully saturated rings. The first-order valence-corrected chi connectivity index (χ1v) is 6.91. The number of para-hydroxylation sites is 1. The molecule has 2 aromatic rings. The molecule has 2 N–H and O–H groups in total. The molecular weight excluding hydrogens is 265 g/mol. The monoisotopic (exact) mass is 283 g/mol. The highest BCUT2D eigenvalue weighted by Crippen LogP contribution is 2.28. The lowest BCUT2D eigenvalue weighted by Gasteiger charge is -2.33. The molecule has 2 aromatic carbocycles. The summed E-state index contributed by atoms with van der Waals surface area (Å²) in [6.07, 6.45) is 0.361. The molecule has 0 saturated carbocycles. The van der Waals surface area contributed by atoms with E-state index in [4.69, 9.17) is 11.0 Å². The Balaban J connectivity index is 2.38. The van der Waals surface area contributed by atoms with Crippen LogP contribution in [0.5, 0.6) is 0 Å². The van der Waals surface area contributed by atoms with Gasteiger partial charge in [0.05, 0.1) is 18.5 Å². The quantitative estimate of drug-likeness (QED) is 0.885. The molecule has 0 bridgehead atoms. The van der Waals surface area contributed by atoms with Crippen LogP contribution >= 0.6 is 0 Å². The minimum absolute atomic E-state index is 0.272. The first-order chi connectivity index (χ1) is 10.3. The summed E-state index contributed by atoms with van der Waals surface area (Å²) in [5.41, 5.74) is 7.39. The number of nitriles is 1. The van der Waals surface area contributed by atoms with Gasteiger partial charge in [0.1, 0.15) is 5.82 Å². The van der Waals surface area contributed by atoms with Gasteiger partial charge in [0, 0.05) is 24.3 Å². The second-order valence-corrected chi connectivity index (χ2v) is 4.71. The smallest absolute Gasteiger partial charge is 0.128 e. The summed E-state index contributed by atoms with van der Waals surface area (Å²) in [5.74, 6) is -0.272. The van der Waals surface area contributed by atoms with Crippen LogP contribution in [0.15, 0.2) is 54.6 Å². The number of halogens is 1. The van der Waals surface area contributed by atoms with Crippen molar-refractivity contribution in [2.45, 2.75) is 12.5 Å². The molecule has 2 rings (SSSR count). The predicted molar refractivity (Wildman–Crippen MR) is 82.2 cm³/mol. The van der Waals surface area contributed by atoms with Gasteiger partial charge in [-0.3, -0.25) is 0 Å². The fourth-order valence-electron chi connectivity index (χ4n) is 2.42. The second-order valence-electron chi connectivity index (χ2n) is 4.71. The van der Waals surface area contributed by atoms with Gasteiger partial charge in [0.25, 0.3) is 0 Å². The van der Waals surface area contributed by atoms with Crippen LogP contribution in [-0.2, 0) is 0 Å². The Morgan fingerprint density at radius 1 is 1.10 bits per heavy atom. The van der Waals surface area contributed by atoms with Crippen molar-refractivity contribution in [1.82, 2.24) is 0 Å². The van der Waals surface area contributed by atoms with Gasteiger partial charge in [-0.15, -0.1) is 0 Å². The number of anilines is 1. The van der Waals surface area contributed by atoms with Gasteiger partial charge in [-0.05, 0) is 18.2 Å². The molecule has 108 valence electrons. The number of hydrogen-bond donors (Lipinski definition) is 1. The van der Waals surface area contributed by atoms with Crippen LogP contribution < -0.4 is 10.6 Å². The van der Waals surface area contributed by atoms with E-state index in [0.717, 1.165) is 5.69 Å². The number of nitrogens with two attached hydrogens (primary N) is 1. The Hall–Kier alpha value is -2.38. The fourth-order valence-corrected chi connectivity index (χ4v) is 2.42. The summed E-state index contributed by atoms with van der Waals surface area (Å²) < 4.78 is 14.1. The molecule has 0 aliphatic rings. The minimum atomic E-state index is -0.290. The molecule has 0 radical (unpaired) electrons. The van der Waals surface area contributed by atoms with Gasteiger partial charge in [0.15, 0.2) is 0 Å². The van der Waals surface area contributed by atoms with Gasteiger partial charge in [-0.1, -0.05) is 36.4 Å². The molecule has 0 saturated heterocycles. The van der Waals surface area contributed by atoms with Crippen LogP contribution in [0, 0.1) is 17.1 Å². The first-order valence-electron chi connectivity index (χ1n) is 6.91. The molecule has 0 aliphatic carbocycles. The van der Waals surface area contributed by atoms with Gasteiger partial charge < -0.3 is 10.6 Å². The standard InChI is InChI=1S/C17H18FN3/c18-16-10-5-4-9-15(16)17(13-20)21(12-6-11-19)14-7-2-1-3-8-14/h1-5,7-10,17H,6,12-13,20H2. The van der Waals surface area contributed by atoms with Gasteiger partial charge in [0.2, 0.25) is 0 Å². The largest absolute Gasteiger partial charge is 0.362 e. The maximum atomic E-state index is 14.1. The molecule has 21 heavy (non-hydrogen) atoms. The van der Waals surface area contributed by atoms with Crippen LogP contribution in [-0.4, -0.2) is 13.1 Å². The number of benzene rings is 2. The van der Waals surface area contributed by atoms with E-state index in [1.165, 1.54) is 6.07 Å². The van der Waals surface area contributed by atoms with Crippen LogP contribution in [0.25, 0.3) is 0 Å². The van der Waals surface area contributed by atoms with Crippen molar-refractivity contribution in [2.24, 2.45) is 5.73 Å². The van der Waals surface area contributed by atoms with Crippen molar-refractivity contribution in [3.8, 4) is 6.07 Å². The normalized spacial score (nSPS) is 11.7. The summed E-state index contributed by atoms with van der Waals surface area (Å²) in [6.45, 7) is 0.790. The zero-order chi connectivity index (χ0) is 15.1. The molecule has 3 nitrogen and oxygen atoms in total. The Morgan fingerprint density at radius 3 is 2.38 bits per heavy atom. The highest BCUT2D eigenvalue weighted by Gasteiger charge is 2.21. The summed E-state index contributed by atoms with van der Waals surface area (Å²) in [5, 5.41) is 8.86. The molecule has 0 heterocycles. The molecular formula is C17H18FN3. The Kier molecular flexibility index (Phi) is 5.30. The van der Waals surface area contributed by atoms with Crippen molar-refractivity contribution >= 4 is 5.69 Å². The van der Waals surface area contributed by atoms with E-state index in [0.29, 0.717) is 18.5 Å². The van der Waals surface area contributed by atoms with E-state index in [9.17, 15) is 4.39 Å². The van der Waals surface area contributed by atoms with Crippen LogP contribution in [0.3, 0.4) is 0 Å². The van der Waals surface area contributed by atoms with Crippen molar-refractivity contribution in [3.63, 3.8) is 0 Å². The average Bonchev–Trinajstić information content (AvgIpc) is 2.53. The summed E-state index contributed by atoms with van der Waals surface area (Å²) in [7, 11) is 0. The lowest BCUT2D eigenvalue weighted by atomic mass is 10.0. The minimum Gasteiger partial charge on any atom is -0.362 e. The fraction of sp³-hybridized carbons (Fsp3) is 0.235. The second kappa shape index (κ2) is 7.41. The van der Waals surface area contributed by atoms with E-state index in [2.05, 4.69) is 6.07 Å². The molecule has 1 atom stereocenters. The topological polar surface area (TPSA) is 53.0 Å². The Morgan fingerprint density at radius 2 is 1.76 bits per heavy atom. The van der Waals surface area contributed by atoms with Crippen molar-refractivity contribution < 1.29 is 4.39 Å². The molecule has 0 spiro atoms. The van der Waals surface area contributed by atoms with E-state index in [1.54, 1.807) is 18.2 Å². The first kappa shape index (κ1) is 15.0. The zero-order valence-electron chi connectivity index (χ0n) is 11.7. The molecule has 1 unspecified atom stereocenters. The third-order valence-corrected chi connectivity index (χ3v) is 3.42. The highest BCUT2D eigenvalue weighted by molar-refractivity contribution is 5.49. The third kappa shape index (κ3) is 3.59. The van der Waals surface area contributed by atoms with Gasteiger partial charge >= 0.3 is 0 Å². The summed E-state index contributed by atoms with van der Waals surface area (Å²) in [6, 6.07) is 18.1. The number of nitrogens with zero attached hydrogens (tertiary/aromatic N) is 2. The SMILES string of the molecule is N#CCCN(c1ccccc1)C(CN)c1ccccc1F. The molecule has 4 heteroatoms. The van der Waals surface area contributed by atoms with Crippen molar-refractivity contribution in [2.75, 3.05) is 18.0 Å². The van der Waals surface area contributed by atoms with Crippen molar-refractivity contribution in [1.29, 1.82) is 5.26 Å². The Labute approximate surface area is 124 Å². The zero-order valence-corrected chi connectivity index (χ0v) is 11.7. The van der Waals surface area contributed by atoms with E-state index < -0.39 is 0 Å². The summed E-state index contributed by atoms with van der Waals surface area (Å²) in [4.78, 5) is 1.99.